The number of hydrogen-bond donors (Lipinski definition) is 0. The maximum atomic E-state index is 9.54. The molecule has 2 fully saturated rings. The van der Waals surface area contributed by atoms with Crippen molar-refractivity contribution < 1.29 is 4.74 Å². The Kier molecular flexibility index (Phi) is 12.8. The van der Waals surface area contributed by atoms with E-state index >= 15 is 0 Å². The summed E-state index contributed by atoms with van der Waals surface area (Å²) in [6.45, 7) is 4.52. The lowest BCUT2D eigenvalue weighted by molar-refractivity contribution is -0.0887. The second-order valence-corrected chi connectivity index (χ2v) is 12.9. The van der Waals surface area contributed by atoms with E-state index in [4.69, 9.17) is 4.74 Å². The summed E-state index contributed by atoms with van der Waals surface area (Å²) in [6, 6.07) is 23.6. The average molecular weight is 553 g/mol. The largest absolute Gasteiger partial charge is 0.365 e. The molecule has 0 saturated heterocycles. The molecule has 3 nitrogen and oxygen atoms in total. The number of nitriles is 2. The van der Waals surface area contributed by atoms with Crippen molar-refractivity contribution in [2.75, 3.05) is 0 Å². The van der Waals surface area contributed by atoms with E-state index in [1.54, 1.807) is 0 Å². The number of rotatable bonds is 14. The van der Waals surface area contributed by atoms with Gasteiger partial charge in [0.25, 0.3) is 0 Å². The minimum absolute atomic E-state index is 0.0299. The molecule has 2 aromatic carbocycles. The van der Waals surface area contributed by atoms with E-state index in [1.807, 2.05) is 0 Å². The Morgan fingerprint density at radius 2 is 0.951 bits per heavy atom. The highest BCUT2D eigenvalue weighted by Gasteiger charge is 2.35. The number of unbranched alkanes of at least 4 members (excludes halogenated alkanes) is 4. The first-order valence-electron chi connectivity index (χ1n) is 16.8. The highest BCUT2D eigenvalue weighted by molar-refractivity contribution is 5.28. The third-order valence-electron chi connectivity index (χ3n) is 9.81. The lowest BCUT2D eigenvalue weighted by Crippen LogP contribution is -2.28. The van der Waals surface area contributed by atoms with Gasteiger partial charge in [0.1, 0.15) is 0 Å². The summed E-state index contributed by atoms with van der Waals surface area (Å²) in [5, 5.41) is 19.1. The number of aryl methyl sites for hydroxylation is 2. The number of benzene rings is 2. The fourth-order valence-corrected chi connectivity index (χ4v) is 7.09. The quantitative estimate of drug-likeness (QED) is 0.219. The lowest BCUT2D eigenvalue weighted by atomic mass is 9.76. The molecule has 4 rings (SSSR count). The molecule has 0 amide bonds. The van der Waals surface area contributed by atoms with Crippen molar-refractivity contribution in [3.05, 3.63) is 70.8 Å². The van der Waals surface area contributed by atoms with Gasteiger partial charge in [-0.1, -0.05) is 88.1 Å². The predicted octanol–water partition coefficient (Wildman–Crippen LogP) is 10.6. The van der Waals surface area contributed by atoms with Crippen molar-refractivity contribution in [1.82, 2.24) is 0 Å². The molecule has 2 aliphatic carbocycles. The molecule has 2 atom stereocenters. The summed E-state index contributed by atoms with van der Waals surface area (Å²) in [6.07, 6.45) is 18.0. The smallest absolute Gasteiger partial charge is 0.0861 e. The van der Waals surface area contributed by atoms with Crippen LogP contribution in [0.5, 0.6) is 0 Å². The zero-order chi connectivity index (χ0) is 28.9. The molecule has 2 saturated carbocycles. The van der Waals surface area contributed by atoms with Gasteiger partial charge in [0.05, 0.1) is 24.3 Å². The van der Waals surface area contributed by atoms with E-state index < -0.39 is 0 Å². The SMILES string of the molecule is CCCCCc1ccc(C(OC(c2ccc(CCCCC)cc2)[C@H]2CC[C@H](C#N)CC2)[C@H]2CC[C@H](C#N)CC2)cc1. The monoisotopic (exact) mass is 552 g/mol. The Balaban J connectivity index is 1.59. The van der Waals surface area contributed by atoms with Gasteiger partial charge in [0, 0.05) is 11.8 Å². The highest BCUT2D eigenvalue weighted by Crippen LogP contribution is 2.46. The maximum absolute atomic E-state index is 9.54. The third-order valence-corrected chi connectivity index (χ3v) is 9.81. The zero-order valence-corrected chi connectivity index (χ0v) is 25.7. The van der Waals surface area contributed by atoms with Gasteiger partial charge in [-0.2, -0.15) is 10.5 Å². The van der Waals surface area contributed by atoms with Gasteiger partial charge >= 0.3 is 0 Å². The van der Waals surface area contributed by atoms with Gasteiger partial charge < -0.3 is 4.74 Å². The number of nitrogens with zero attached hydrogens (tertiary/aromatic N) is 2. The minimum Gasteiger partial charge on any atom is -0.365 e. The minimum atomic E-state index is 0.0299. The lowest BCUT2D eigenvalue weighted by Gasteiger charge is -2.39. The van der Waals surface area contributed by atoms with Crippen LogP contribution in [0.25, 0.3) is 0 Å². The van der Waals surface area contributed by atoms with E-state index in [-0.39, 0.29) is 24.0 Å². The third kappa shape index (κ3) is 9.18. The van der Waals surface area contributed by atoms with Crippen molar-refractivity contribution in [1.29, 1.82) is 10.5 Å². The molecule has 0 heterocycles. The fourth-order valence-electron chi connectivity index (χ4n) is 7.09. The summed E-state index contributed by atoms with van der Waals surface area (Å²) >= 11 is 0. The average Bonchev–Trinajstić information content (AvgIpc) is 3.03. The first kappa shape index (κ1) is 31.3. The topological polar surface area (TPSA) is 56.8 Å². The molecular formula is C38H52N2O. The van der Waals surface area contributed by atoms with Gasteiger partial charge in [-0.05, 0) is 111 Å². The summed E-state index contributed by atoms with van der Waals surface area (Å²) < 4.78 is 7.35. The van der Waals surface area contributed by atoms with E-state index in [0.29, 0.717) is 11.8 Å². The van der Waals surface area contributed by atoms with Gasteiger partial charge in [0.15, 0.2) is 0 Å². The van der Waals surface area contributed by atoms with Crippen molar-refractivity contribution in [3.8, 4) is 12.1 Å². The van der Waals surface area contributed by atoms with Crippen LogP contribution < -0.4 is 0 Å². The van der Waals surface area contributed by atoms with Crippen LogP contribution in [0, 0.1) is 46.3 Å². The summed E-state index contributed by atoms with van der Waals surface area (Å²) in [5.74, 6) is 1.23. The molecule has 0 bridgehead atoms. The fraction of sp³-hybridized carbons (Fsp3) is 0.632. The normalized spacial score (nSPS) is 24.2. The van der Waals surface area contributed by atoms with Gasteiger partial charge in [0.2, 0.25) is 0 Å². The van der Waals surface area contributed by atoms with Crippen molar-refractivity contribution in [3.63, 3.8) is 0 Å². The molecule has 0 aromatic heterocycles. The van der Waals surface area contributed by atoms with Crippen LogP contribution in [-0.4, -0.2) is 0 Å². The predicted molar refractivity (Wildman–Crippen MR) is 168 cm³/mol. The molecule has 0 N–H and O–H groups in total. The molecule has 2 aromatic rings. The van der Waals surface area contributed by atoms with Crippen LogP contribution >= 0.6 is 0 Å². The molecule has 220 valence electrons. The van der Waals surface area contributed by atoms with E-state index in [1.165, 1.54) is 60.8 Å². The summed E-state index contributed by atoms with van der Waals surface area (Å²) in [7, 11) is 0. The Hall–Kier alpha value is -2.62. The standard InChI is InChI=1S/C38H52N2O/c1-3-5-7-9-29-11-19-33(20-12-29)37(35-23-15-31(27-39)16-24-35)41-38(36-25-17-32(28-40)18-26-36)34-21-13-30(14-22-34)10-8-6-4-2/h11-14,19-22,31-32,35-38H,3-10,15-18,23-26H2,1-2H3/t31-,32-,35-,36-,37?,38?. The Labute approximate surface area is 250 Å². The molecule has 0 spiro atoms. The van der Waals surface area contributed by atoms with E-state index in [2.05, 4.69) is 74.5 Å². The second kappa shape index (κ2) is 16.7. The Morgan fingerprint density at radius 1 is 0.585 bits per heavy atom. The van der Waals surface area contributed by atoms with Crippen molar-refractivity contribution in [2.24, 2.45) is 23.7 Å². The van der Waals surface area contributed by atoms with Crippen LogP contribution in [0.2, 0.25) is 0 Å². The first-order valence-corrected chi connectivity index (χ1v) is 16.8. The summed E-state index contributed by atoms with van der Waals surface area (Å²) in [4.78, 5) is 0. The summed E-state index contributed by atoms with van der Waals surface area (Å²) in [5.41, 5.74) is 5.41. The van der Waals surface area contributed by atoms with Crippen molar-refractivity contribution in [2.45, 2.75) is 129 Å². The molecule has 2 unspecified atom stereocenters. The Bertz CT molecular complexity index is 1000. The maximum Gasteiger partial charge on any atom is 0.0861 e. The first-order chi connectivity index (χ1) is 20.1. The van der Waals surface area contributed by atoms with E-state index in [0.717, 1.165) is 64.2 Å². The van der Waals surface area contributed by atoms with Crippen molar-refractivity contribution >= 4 is 0 Å². The zero-order valence-electron chi connectivity index (χ0n) is 25.7. The van der Waals surface area contributed by atoms with Crippen LogP contribution in [-0.2, 0) is 17.6 Å². The Morgan fingerprint density at radius 3 is 1.27 bits per heavy atom. The second-order valence-electron chi connectivity index (χ2n) is 12.9. The number of ether oxygens (including phenoxy) is 1. The van der Waals surface area contributed by atoms with E-state index in [9.17, 15) is 10.5 Å². The molecule has 0 radical (unpaired) electrons. The van der Waals surface area contributed by atoms with Crippen LogP contribution in [0.1, 0.15) is 138 Å². The molecular weight excluding hydrogens is 500 g/mol. The van der Waals surface area contributed by atoms with Gasteiger partial charge in [-0.15, -0.1) is 0 Å². The highest BCUT2D eigenvalue weighted by atomic mass is 16.5. The van der Waals surface area contributed by atoms with Gasteiger partial charge in [-0.25, -0.2) is 0 Å². The van der Waals surface area contributed by atoms with Crippen LogP contribution in [0.4, 0.5) is 0 Å². The molecule has 2 aliphatic rings. The van der Waals surface area contributed by atoms with Crippen LogP contribution in [0.15, 0.2) is 48.5 Å². The van der Waals surface area contributed by atoms with Crippen LogP contribution in [0.3, 0.4) is 0 Å². The molecule has 3 heteroatoms. The number of hydrogen-bond acceptors (Lipinski definition) is 3. The molecule has 0 aliphatic heterocycles. The molecule has 41 heavy (non-hydrogen) atoms. The van der Waals surface area contributed by atoms with Gasteiger partial charge in [-0.3, -0.25) is 0 Å².